The Morgan fingerprint density at radius 2 is 2.06 bits per heavy atom. The lowest BCUT2D eigenvalue weighted by molar-refractivity contribution is 0.0172. The molecule has 0 spiro atoms. The Morgan fingerprint density at radius 1 is 1.38 bits per heavy atom. The normalized spacial score (nSPS) is 26.1. The van der Waals surface area contributed by atoms with E-state index in [0.717, 1.165) is 19.4 Å². The molecule has 1 aromatic rings. The molecule has 2 rings (SSSR count). The number of nitrogens with two attached hydrogens (primary N) is 1. The second-order valence-electron chi connectivity index (χ2n) is 4.45. The van der Waals surface area contributed by atoms with E-state index in [1.807, 2.05) is 18.2 Å². The number of methoxy groups -OCH3 is 1. The minimum atomic E-state index is 0.0859. The van der Waals surface area contributed by atoms with Crippen LogP contribution in [0.3, 0.4) is 0 Å². The van der Waals surface area contributed by atoms with Gasteiger partial charge in [-0.2, -0.15) is 0 Å². The lowest BCUT2D eigenvalue weighted by Gasteiger charge is -2.35. The van der Waals surface area contributed by atoms with Crippen LogP contribution in [-0.4, -0.2) is 25.8 Å². The van der Waals surface area contributed by atoms with E-state index in [9.17, 15) is 0 Å². The van der Waals surface area contributed by atoms with Gasteiger partial charge in [-0.15, -0.1) is 0 Å². The molecule has 1 aliphatic rings. The van der Waals surface area contributed by atoms with E-state index >= 15 is 0 Å². The number of hydrogen-bond acceptors (Lipinski definition) is 3. The van der Waals surface area contributed by atoms with Crippen molar-refractivity contribution >= 4 is 0 Å². The molecule has 3 N–H and O–H groups in total. The largest absolute Gasteiger partial charge is 0.381 e. The maximum absolute atomic E-state index is 6.10. The van der Waals surface area contributed by atoms with Crippen LogP contribution in [0.1, 0.15) is 24.4 Å². The molecule has 1 fully saturated rings. The molecule has 1 atom stereocenters. The molecule has 88 valence electrons. The topological polar surface area (TPSA) is 47.3 Å². The van der Waals surface area contributed by atoms with Gasteiger partial charge in [0.1, 0.15) is 0 Å². The van der Waals surface area contributed by atoms with Crippen molar-refractivity contribution in [2.24, 2.45) is 5.73 Å². The smallest absolute Gasteiger partial charge is 0.0601 e. The maximum Gasteiger partial charge on any atom is 0.0601 e. The van der Waals surface area contributed by atoms with Crippen LogP contribution in [0, 0.1) is 0 Å². The van der Waals surface area contributed by atoms with Crippen molar-refractivity contribution in [3.05, 3.63) is 35.9 Å². The van der Waals surface area contributed by atoms with Crippen molar-refractivity contribution in [3.63, 3.8) is 0 Å². The number of benzene rings is 1. The van der Waals surface area contributed by atoms with Crippen LogP contribution in [0.2, 0.25) is 0 Å². The molecular weight excluding hydrogens is 200 g/mol. The molecule has 0 heterocycles. The summed E-state index contributed by atoms with van der Waals surface area (Å²) in [5.74, 6) is 0. The molecule has 0 radical (unpaired) electrons. The lowest BCUT2D eigenvalue weighted by atomic mass is 9.89. The molecule has 0 aliphatic heterocycles. The van der Waals surface area contributed by atoms with Crippen molar-refractivity contribution in [2.75, 3.05) is 13.7 Å². The Balaban J connectivity index is 1.71. The SMILES string of the molecule is COC1CC(NCC(N)c2ccccc2)C1. The van der Waals surface area contributed by atoms with E-state index in [2.05, 4.69) is 17.4 Å². The van der Waals surface area contributed by atoms with Gasteiger partial charge in [-0.1, -0.05) is 30.3 Å². The summed E-state index contributed by atoms with van der Waals surface area (Å²) in [6.45, 7) is 0.838. The second-order valence-corrected chi connectivity index (χ2v) is 4.45. The first-order valence-corrected chi connectivity index (χ1v) is 5.86. The third-order valence-electron chi connectivity index (χ3n) is 3.28. The van der Waals surface area contributed by atoms with E-state index in [1.165, 1.54) is 5.56 Å². The first-order chi connectivity index (χ1) is 7.79. The van der Waals surface area contributed by atoms with Gasteiger partial charge in [0.25, 0.3) is 0 Å². The van der Waals surface area contributed by atoms with Crippen LogP contribution in [-0.2, 0) is 4.74 Å². The van der Waals surface area contributed by atoms with Gasteiger partial charge >= 0.3 is 0 Å². The summed E-state index contributed by atoms with van der Waals surface area (Å²) in [6, 6.07) is 10.9. The third-order valence-corrected chi connectivity index (χ3v) is 3.28. The number of ether oxygens (including phenoxy) is 1. The number of nitrogens with one attached hydrogen (secondary N) is 1. The zero-order valence-corrected chi connectivity index (χ0v) is 9.73. The van der Waals surface area contributed by atoms with Crippen molar-refractivity contribution in [1.29, 1.82) is 0 Å². The summed E-state index contributed by atoms with van der Waals surface area (Å²) in [7, 11) is 1.77. The summed E-state index contributed by atoms with van der Waals surface area (Å²) in [6.07, 6.45) is 2.67. The summed E-state index contributed by atoms with van der Waals surface area (Å²) in [5, 5.41) is 3.48. The van der Waals surface area contributed by atoms with Gasteiger partial charge in [-0.25, -0.2) is 0 Å². The van der Waals surface area contributed by atoms with Crippen LogP contribution in [0.4, 0.5) is 0 Å². The molecule has 0 bridgehead atoms. The molecule has 0 amide bonds. The minimum absolute atomic E-state index is 0.0859. The van der Waals surface area contributed by atoms with Crippen LogP contribution >= 0.6 is 0 Å². The summed E-state index contributed by atoms with van der Waals surface area (Å²) in [4.78, 5) is 0. The quantitative estimate of drug-likeness (QED) is 0.789. The fourth-order valence-corrected chi connectivity index (χ4v) is 2.04. The van der Waals surface area contributed by atoms with Gasteiger partial charge < -0.3 is 15.8 Å². The minimum Gasteiger partial charge on any atom is -0.381 e. The fourth-order valence-electron chi connectivity index (χ4n) is 2.04. The van der Waals surface area contributed by atoms with E-state index in [0.29, 0.717) is 12.1 Å². The van der Waals surface area contributed by atoms with Crippen molar-refractivity contribution in [1.82, 2.24) is 5.32 Å². The first-order valence-electron chi connectivity index (χ1n) is 5.86. The van der Waals surface area contributed by atoms with Gasteiger partial charge in [-0.05, 0) is 18.4 Å². The highest BCUT2D eigenvalue weighted by Gasteiger charge is 2.28. The van der Waals surface area contributed by atoms with E-state index in [4.69, 9.17) is 10.5 Å². The van der Waals surface area contributed by atoms with Crippen LogP contribution in [0.5, 0.6) is 0 Å². The molecule has 1 saturated carbocycles. The molecule has 16 heavy (non-hydrogen) atoms. The van der Waals surface area contributed by atoms with Crippen LogP contribution < -0.4 is 11.1 Å². The zero-order valence-electron chi connectivity index (χ0n) is 9.73. The zero-order chi connectivity index (χ0) is 11.4. The molecule has 0 aromatic heterocycles. The summed E-state index contributed by atoms with van der Waals surface area (Å²) in [5.41, 5.74) is 7.29. The fraction of sp³-hybridized carbons (Fsp3) is 0.538. The van der Waals surface area contributed by atoms with Crippen LogP contribution in [0.15, 0.2) is 30.3 Å². The molecule has 1 aromatic carbocycles. The maximum atomic E-state index is 6.10. The highest BCUT2D eigenvalue weighted by molar-refractivity contribution is 5.18. The van der Waals surface area contributed by atoms with Gasteiger partial charge in [0.15, 0.2) is 0 Å². The van der Waals surface area contributed by atoms with Crippen molar-refractivity contribution in [2.45, 2.75) is 31.0 Å². The Hall–Kier alpha value is -0.900. The van der Waals surface area contributed by atoms with Crippen molar-refractivity contribution in [3.8, 4) is 0 Å². The highest BCUT2D eigenvalue weighted by atomic mass is 16.5. The third kappa shape index (κ3) is 2.82. The van der Waals surface area contributed by atoms with Gasteiger partial charge in [0.2, 0.25) is 0 Å². The lowest BCUT2D eigenvalue weighted by Crippen LogP contribution is -2.47. The predicted molar refractivity (Wildman–Crippen MR) is 65.2 cm³/mol. The van der Waals surface area contributed by atoms with E-state index < -0.39 is 0 Å². The Kier molecular flexibility index (Phi) is 3.93. The standard InChI is InChI=1S/C13H20N2O/c1-16-12-7-11(8-12)15-9-13(14)10-5-3-2-4-6-10/h2-6,11-13,15H,7-9,14H2,1H3. The Labute approximate surface area is 97.0 Å². The molecule has 0 saturated heterocycles. The molecule has 3 heteroatoms. The Bertz CT molecular complexity index is 309. The van der Waals surface area contributed by atoms with Crippen molar-refractivity contribution < 1.29 is 4.74 Å². The first kappa shape index (κ1) is 11.6. The Morgan fingerprint density at radius 3 is 2.69 bits per heavy atom. The van der Waals surface area contributed by atoms with Gasteiger partial charge in [0, 0.05) is 25.7 Å². The monoisotopic (exact) mass is 220 g/mol. The average Bonchev–Trinajstić information content (AvgIpc) is 2.28. The predicted octanol–water partition coefficient (Wildman–Crippen LogP) is 1.45. The molecule has 1 unspecified atom stereocenters. The molecule has 1 aliphatic carbocycles. The van der Waals surface area contributed by atoms with Crippen LogP contribution in [0.25, 0.3) is 0 Å². The highest BCUT2D eigenvalue weighted by Crippen LogP contribution is 2.22. The summed E-state index contributed by atoms with van der Waals surface area (Å²) >= 11 is 0. The van der Waals surface area contributed by atoms with E-state index in [-0.39, 0.29) is 6.04 Å². The second kappa shape index (κ2) is 5.43. The molecular formula is C13H20N2O. The summed E-state index contributed by atoms with van der Waals surface area (Å²) < 4.78 is 5.24. The van der Waals surface area contributed by atoms with E-state index in [1.54, 1.807) is 7.11 Å². The number of rotatable bonds is 5. The van der Waals surface area contributed by atoms with Gasteiger partial charge in [-0.3, -0.25) is 0 Å². The van der Waals surface area contributed by atoms with Gasteiger partial charge in [0.05, 0.1) is 6.10 Å². The molecule has 3 nitrogen and oxygen atoms in total. The average molecular weight is 220 g/mol. The number of hydrogen-bond donors (Lipinski definition) is 2.